The van der Waals surface area contributed by atoms with Gasteiger partial charge in [-0.05, 0) is 25.9 Å². The molecule has 9 heteroatoms. The smallest absolute Gasteiger partial charge is 0.273 e. The molecule has 9 nitrogen and oxygen atoms in total. The fourth-order valence-electron chi connectivity index (χ4n) is 2.35. The molecule has 2 N–H and O–H groups in total. The Bertz CT molecular complexity index is 612. The Balaban J connectivity index is 1.60. The number of carbonyl (C=O) groups is 1. The summed E-state index contributed by atoms with van der Waals surface area (Å²) in [6.07, 6.45) is 5.31. The van der Waals surface area contributed by atoms with Crippen LogP contribution < -0.4 is 10.6 Å². The maximum absolute atomic E-state index is 12.1. The van der Waals surface area contributed by atoms with E-state index in [1.165, 1.54) is 0 Å². The molecule has 3 rings (SSSR count). The first-order valence-corrected chi connectivity index (χ1v) is 6.97. The van der Waals surface area contributed by atoms with Gasteiger partial charge in [0.05, 0.1) is 18.8 Å². The SMILES string of the molecule is Cn1cnnc1CNC(=O)c1cn(C2CCNCC2)nn1. The van der Waals surface area contributed by atoms with E-state index in [1.807, 2.05) is 7.05 Å². The van der Waals surface area contributed by atoms with Gasteiger partial charge in [-0.1, -0.05) is 5.21 Å². The van der Waals surface area contributed by atoms with E-state index in [1.54, 1.807) is 21.8 Å². The van der Waals surface area contributed by atoms with Gasteiger partial charge in [-0.2, -0.15) is 0 Å². The van der Waals surface area contributed by atoms with Gasteiger partial charge in [-0.3, -0.25) is 4.79 Å². The van der Waals surface area contributed by atoms with E-state index in [0.717, 1.165) is 25.9 Å². The molecule has 0 spiro atoms. The van der Waals surface area contributed by atoms with Crippen LogP contribution in [-0.2, 0) is 13.6 Å². The minimum absolute atomic E-state index is 0.252. The molecule has 0 aromatic carbocycles. The third kappa shape index (κ3) is 3.07. The van der Waals surface area contributed by atoms with Crippen molar-refractivity contribution in [2.75, 3.05) is 13.1 Å². The molecule has 1 amide bonds. The van der Waals surface area contributed by atoms with Crippen LogP contribution in [0.15, 0.2) is 12.5 Å². The highest BCUT2D eigenvalue weighted by Crippen LogP contribution is 2.16. The van der Waals surface area contributed by atoms with Crippen molar-refractivity contribution < 1.29 is 4.79 Å². The molecular weight excluding hydrogens is 272 g/mol. The molecule has 1 saturated heterocycles. The predicted molar refractivity (Wildman–Crippen MR) is 73.3 cm³/mol. The minimum atomic E-state index is -0.252. The number of nitrogens with one attached hydrogen (secondary N) is 2. The summed E-state index contributed by atoms with van der Waals surface area (Å²) in [5.41, 5.74) is 0.329. The number of piperidine rings is 1. The van der Waals surface area contributed by atoms with Gasteiger partial charge < -0.3 is 15.2 Å². The van der Waals surface area contributed by atoms with Crippen molar-refractivity contribution in [2.45, 2.75) is 25.4 Å². The average molecular weight is 290 g/mol. The van der Waals surface area contributed by atoms with Gasteiger partial charge in [0.1, 0.15) is 6.33 Å². The Hall–Kier alpha value is -2.29. The number of aryl methyl sites for hydroxylation is 1. The zero-order chi connectivity index (χ0) is 14.7. The third-order valence-corrected chi connectivity index (χ3v) is 3.64. The van der Waals surface area contributed by atoms with Crippen molar-refractivity contribution in [3.63, 3.8) is 0 Å². The maximum Gasteiger partial charge on any atom is 0.273 e. The topological polar surface area (TPSA) is 103 Å². The second-order valence-electron chi connectivity index (χ2n) is 5.11. The highest BCUT2D eigenvalue weighted by Gasteiger charge is 2.18. The van der Waals surface area contributed by atoms with Crippen molar-refractivity contribution in [1.29, 1.82) is 0 Å². The summed E-state index contributed by atoms with van der Waals surface area (Å²) < 4.78 is 3.55. The average Bonchev–Trinajstić information content (AvgIpc) is 3.15. The van der Waals surface area contributed by atoms with Crippen LogP contribution in [0.25, 0.3) is 0 Å². The number of aromatic nitrogens is 6. The summed E-state index contributed by atoms with van der Waals surface area (Å²) in [6, 6.07) is 0.319. The lowest BCUT2D eigenvalue weighted by Gasteiger charge is -2.22. The molecule has 112 valence electrons. The number of rotatable bonds is 4. The zero-order valence-electron chi connectivity index (χ0n) is 11.9. The van der Waals surface area contributed by atoms with Crippen molar-refractivity contribution in [3.8, 4) is 0 Å². The standard InChI is InChI=1S/C12H18N8O/c1-19-8-15-17-11(19)6-14-12(21)10-7-20(18-16-10)9-2-4-13-5-3-9/h7-9,13H,2-6H2,1H3,(H,14,21). The Kier molecular flexibility index (Phi) is 3.91. The highest BCUT2D eigenvalue weighted by atomic mass is 16.2. The largest absolute Gasteiger partial charge is 0.343 e. The Morgan fingerprint density at radius 2 is 2.24 bits per heavy atom. The van der Waals surface area contributed by atoms with Gasteiger partial charge >= 0.3 is 0 Å². The predicted octanol–water partition coefficient (Wildman–Crippen LogP) is -0.739. The Morgan fingerprint density at radius 3 is 2.95 bits per heavy atom. The fraction of sp³-hybridized carbons (Fsp3) is 0.583. The molecule has 0 aliphatic carbocycles. The Labute approximate surface area is 121 Å². The first-order chi connectivity index (χ1) is 10.2. The van der Waals surface area contributed by atoms with Gasteiger partial charge in [0, 0.05) is 7.05 Å². The first kappa shape index (κ1) is 13.7. The van der Waals surface area contributed by atoms with E-state index in [4.69, 9.17) is 0 Å². The Morgan fingerprint density at radius 1 is 1.43 bits per heavy atom. The summed E-state index contributed by atoms with van der Waals surface area (Å²) in [7, 11) is 1.83. The van der Waals surface area contributed by atoms with Crippen LogP contribution in [0.2, 0.25) is 0 Å². The molecule has 0 unspecified atom stereocenters. The summed E-state index contributed by atoms with van der Waals surface area (Å²) in [4.78, 5) is 12.1. The zero-order valence-corrected chi connectivity index (χ0v) is 11.9. The molecule has 1 aliphatic rings. The molecule has 3 heterocycles. The molecule has 2 aromatic heterocycles. The summed E-state index contributed by atoms with van der Waals surface area (Å²) >= 11 is 0. The molecule has 1 fully saturated rings. The lowest BCUT2D eigenvalue weighted by molar-refractivity contribution is 0.0944. The van der Waals surface area contributed by atoms with Crippen molar-refractivity contribution in [2.24, 2.45) is 7.05 Å². The van der Waals surface area contributed by atoms with E-state index in [2.05, 4.69) is 31.1 Å². The van der Waals surface area contributed by atoms with E-state index in [-0.39, 0.29) is 5.91 Å². The molecule has 0 radical (unpaired) electrons. The van der Waals surface area contributed by atoms with Crippen LogP contribution in [0.5, 0.6) is 0 Å². The second kappa shape index (κ2) is 6.00. The summed E-state index contributed by atoms with van der Waals surface area (Å²) in [5, 5.41) is 21.8. The van der Waals surface area contributed by atoms with Crippen molar-refractivity contribution in [1.82, 2.24) is 40.4 Å². The quantitative estimate of drug-likeness (QED) is 0.769. The fourth-order valence-corrected chi connectivity index (χ4v) is 2.35. The minimum Gasteiger partial charge on any atom is -0.343 e. The van der Waals surface area contributed by atoms with Crippen LogP contribution in [0.1, 0.15) is 35.2 Å². The van der Waals surface area contributed by atoms with Gasteiger partial charge in [0.2, 0.25) is 0 Å². The van der Waals surface area contributed by atoms with E-state index < -0.39 is 0 Å². The van der Waals surface area contributed by atoms with E-state index in [9.17, 15) is 4.79 Å². The van der Waals surface area contributed by atoms with Crippen LogP contribution in [0.4, 0.5) is 0 Å². The normalized spacial score (nSPS) is 16.0. The van der Waals surface area contributed by atoms with Crippen LogP contribution >= 0.6 is 0 Å². The number of carbonyl (C=O) groups excluding carboxylic acids is 1. The second-order valence-corrected chi connectivity index (χ2v) is 5.11. The van der Waals surface area contributed by atoms with Gasteiger partial charge in [-0.15, -0.1) is 15.3 Å². The lowest BCUT2D eigenvalue weighted by Crippen LogP contribution is -2.29. The molecule has 0 saturated carbocycles. The van der Waals surface area contributed by atoms with Crippen molar-refractivity contribution >= 4 is 5.91 Å². The van der Waals surface area contributed by atoms with Gasteiger partial charge in [0.15, 0.2) is 11.5 Å². The number of hydrogen-bond acceptors (Lipinski definition) is 6. The molecular formula is C12H18N8O. The monoisotopic (exact) mass is 290 g/mol. The van der Waals surface area contributed by atoms with Crippen LogP contribution in [-0.4, -0.2) is 48.8 Å². The third-order valence-electron chi connectivity index (χ3n) is 3.64. The number of nitrogens with zero attached hydrogens (tertiary/aromatic N) is 6. The van der Waals surface area contributed by atoms with Crippen molar-refractivity contribution in [3.05, 3.63) is 24.0 Å². The van der Waals surface area contributed by atoms with Gasteiger partial charge in [0.25, 0.3) is 5.91 Å². The molecule has 21 heavy (non-hydrogen) atoms. The maximum atomic E-state index is 12.1. The van der Waals surface area contributed by atoms with E-state index in [0.29, 0.717) is 24.1 Å². The summed E-state index contributed by atoms with van der Waals surface area (Å²) in [5.74, 6) is 0.437. The van der Waals surface area contributed by atoms with Gasteiger partial charge in [-0.25, -0.2) is 4.68 Å². The molecule has 1 aliphatic heterocycles. The summed E-state index contributed by atoms with van der Waals surface area (Å²) in [6.45, 7) is 2.26. The molecule has 0 atom stereocenters. The van der Waals surface area contributed by atoms with Crippen LogP contribution in [0.3, 0.4) is 0 Å². The number of amides is 1. The molecule has 0 bridgehead atoms. The first-order valence-electron chi connectivity index (χ1n) is 6.97. The lowest BCUT2D eigenvalue weighted by atomic mass is 10.1. The molecule has 2 aromatic rings. The highest BCUT2D eigenvalue weighted by molar-refractivity contribution is 5.91. The van der Waals surface area contributed by atoms with Crippen LogP contribution in [0, 0.1) is 0 Å². The number of hydrogen-bond donors (Lipinski definition) is 2. The van der Waals surface area contributed by atoms with E-state index >= 15 is 0 Å².